The zero-order chi connectivity index (χ0) is 13.2. The minimum Gasteiger partial charge on any atom is -0.379 e. The first-order valence-corrected chi connectivity index (χ1v) is 7.34. The Kier molecular flexibility index (Phi) is 4.35. The van der Waals surface area contributed by atoms with Crippen molar-refractivity contribution in [2.24, 2.45) is 11.3 Å². The Balaban J connectivity index is 2.01. The fourth-order valence-electron chi connectivity index (χ4n) is 3.29. The van der Waals surface area contributed by atoms with Crippen LogP contribution in [0.2, 0.25) is 0 Å². The summed E-state index contributed by atoms with van der Waals surface area (Å²) in [6.45, 7) is 6.38. The Morgan fingerprint density at radius 1 is 1.39 bits per heavy atom. The van der Waals surface area contributed by atoms with Gasteiger partial charge in [-0.25, -0.2) is 0 Å². The molecule has 0 spiro atoms. The molecule has 2 rings (SSSR count). The van der Waals surface area contributed by atoms with Gasteiger partial charge in [0.25, 0.3) is 0 Å². The van der Waals surface area contributed by atoms with Crippen LogP contribution in [0.15, 0.2) is 0 Å². The summed E-state index contributed by atoms with van der Waals surface area (Å²) in [5.41, 5.74) is 0.323. The number of hydrogen-bond donors (Lipinski definition) is 1. The van der Waals surface area contributed by atoms with Crippen LogP contribution in [-0.2, 0) is 9.47 Å². The molecule has 1 saturated carbocycles. The van der Waals surface area contributed by atoms with Gasteiger partial charge >= 0.3 is 0 Å². The van der Waals surface area contributed by atoms with Crippen LogP contribution in [-0.4, -0.2) is 39.0 Å². The SMILES string of the molecule is CNCC1(CCC(C)(C)OC)CCOC1C1CC1. The molecule has 106 valence electrons. The van der Waals surface area contributed by atoms with Gasteiger partial charge in [0.05, 0.1) is 11.7 Å². The lowest BCUT2D eigenvalue weighted by atomic mass is 9.73. The Morgan fingerprint density at radius 3 is 2.67 bits per heavy atom. The minimum atomic E-state index is -0.0164. The molecule has 0 aromatic rings. The van der Waals surface area contributed by atoms with Crippen molar-refractivity contribution in [3.8, 4) is 0 Å². The van der Waals surface area contributed by atoms with Gasteiger partial charge in [-0.1, -0.05) is 0 Å². The number of methoxy groups -OCH3 is 1. The Hall–Kier alpha value is -0.120. The Bertz CT molecular complexity index is 276. The fourth-order valence-corrected chi connectivity index (χ4v) is 3.29. The molecule has 18 heavy (non-hydrogen) atoms. The number of rotatable bonds is 7. The lowest BCUT2D eigenvalue weighted by molar-refractivity contribution is -0.0156. The van der Waals surface area contributed by atoms with Gasteiger partial charge in [-0.15, -0.1) is 0 Å². The van der Waals surface area contributed by atoms with Crippen LogP contribution in [0, 0.1) is 11.3 Å². The molecule has 1 heterocycles. The molecule has 3 nitrogen and oxygen atoms in total. The fraction of sp³-hybridized carbons (Fsp3) is 1.00. The van der Waals surface area contributed by atoms with Crippen LogP contribution in [0.1, 0.15) is 46.0 Å². The molecule has 1 aliphatic carbocycles. The van der Waals surface area contributed by atoms with E-state index in [4.69, 9.17) is 9.47 Å². The van der Waals surface area contributed by atoms with Crippen molar-refractivity contribution < 1.29 is 9.47 Å². The molecule has 1 aliphatic heterocycles. The largest absolute Gasteiger partial charge is 0.379 e. The second-order valence-corrected chi connectivity index (χ2v) is 6.74. The van der Waals surface area contributed by atoms with Crippen molar-refractivity contribution in [1.29, 1.82) is 0 Å². The van der Waals surface area contributed by atoms with Gasteiger partial charge in [-0.2, -0.15) is 0 Å². The second kappa shape index (κ2) is 5.48. The van der Waals surface area contributed by atoms with E-state index in [0.29, 0.717) is 11.5 Å². The van der Waals surface area contributed by atoms with E-state index in [9.17, 15) is 0 Å². The molecular formula is C15H29NO2. The highest BCUT2D eigenvalue weighted by molar-refractivity contribution is 5.01. The summed E-state index contributed by atoms with van der Waals surface area (Å²) in [6.07, 6.45) is 6.73. The van der Waals surface area contributed by atoms with Gasteiger partial charge < -0.3 is 14.8 Å². The van der Waals surface area contributed by atoms with E-state index in [1.165, 1.54) is 25.7 Å². The minimum absolute atomic E-state index is 0.0164. The van der Waals surface area contributed by atoms with Gasteiger partial charge in [0.15, 0.2) is 0 Å². The van der Waals surface area contributed by atoms with Crippen molar-refractivity contribution >= 4 is 0 Å². The molecule has 1 N–H and O–H groups in total. The molecule has 1 saturated heterocycles. The molecule has 0 amide bonds. The van der Waals surface area contributed by atoms with Crippen LogP contribution in [0.5, 0.6) is 0 Å². The first-order valence-electron chi connectivity index (χ1n) is 7.34. The van der Waals surface area contributed by atoms with Gasteiger partial charge in [0, 0.05) is 25.7 Å². The quantitative estimate of drug-likeness (QED) is 0.758. The average molecular weight is 255 g/mol. The average Bonchev–Trinajstić information content (AvgIpc) is 3.10. The molecule has 2 aliphatic rings. The summed E-state index contributed by atoms with van der Waals surface area (Å²) < 4.78 is 11.6. The molecular weight excluding hydrogens is 226 g/mol. The first-order chi connectivity index (χ1) is 8.53. The van der Waals surface area contributed by atoms with Crippen molar-refractivity contribution in [2.45, 2.75) is 57.7 Å². The predicted octanol–water partition coefficient (Wildman–Crippen LogP) is 2.60. The maximum atomic E-state index is 6.06. The molecule has 0 aromatic carbocycles. The summed E-state index contributed by atoms with van der Waals surface area (Å²) in [7, 11) is 3.87. The highest BCUT2D eigenvalue weighted by atomic mass is 16.5. The molecule has 0 radical (unpaired) electrons. The van der Waals surface area contributed by atoms with Crippen LogP contribution in [0.25, 0.3) is 0 Å². The third-order valence-electron chi connectivity index (χ3n) is 4.86. The monoisotopic (exact) mass is 255 g/mol. The standard InChI is InChI=1S/C15H29NO2/c1-14(2,17-4)7-8-15(11-16-3)9-10-18-13(15)12-5-6-12/h12-13,16H,5-11H2,1-4H3. The van der Waals surface area contributed by atoms with Gasteiger partial charge in [-0.3, -0.25) is 0 Å². The van der Waals surface area contributed by atoms with E-state index in [1.807, 2.05) is 7.11 Å². The smallest absolute Gasteiger partial charge is 0.0672 e. The Morgan fingerprint density at radius 2 is 2.11 bits per heavy atom. The maximum absolute atomic E-state index is 6.06. The zero-order valence-electron chi connectivity index (χ0n) is 12.4. The van der Waals surface area contributed by atoms with Crippen molar-refractivity contribution in [2.75, 3.05) is 27.3 Å². The van der Waals surface area contributed by atoms with Crippen LogP contribution >= 0.6 is 0 Å². The summed E-state index contributed by atoms with van der Waals surface area (Å²) in [5.74, 6) is 0.825. The van der Waals surface area contributed by atoms with Crippen LogP contribution < -0.4 is 5.32 Å². The third kappa shape index (κ3) is 3.06. The van der Waals surface area contributed by atoms with Crippen molar-refractivity contribution in [3.05, 3.63) is 0 Å². The Labute approximate surface area is 112 Å². The van der Waals surface area contributed by atoms with E-state index >= 15 is 0 Å². The predicted molar refractivity (Wildman–Crippen MR) is 73.8 cm³/mol. The molecule has 3 heteroatoms. The lowest BCUT2D eigenvalue weighted by Gasteiger charge is -2.37. The molecule has 0 aromatic heterocycles. The highest BCUT2D eigenvalue weighted by Gasteiger charge is 2.50. The molecule has 2 atom stereocenters. The topological polar surface area (TPSA) is 30.5 Å². The summed E-state index contributed by atoms with van der Waals surface area (Å²) in [4.78, 5) is 0. The van der Waals surface area contributed by atoms with E-state index in [2.05, 4.69) is 26.2 Å². The summed E-state index contributed by atoms with van der Waals surface area (Å²) >= 11 is 0. The second-order valence-electron chi connectivity index (χ2n) is 6.74. The first kappa shape index (κ1) is 14.3. The van der Waals surface area contributed by atoms with E-state index in [1.54, 1.807) is 0 Å². The van der Waals surface area contributed by atoms with Gasteiger partial charge in [0.2, 0.25) is 0 Å². The van der Waals surface area contributed by atoms with Crippen molar-refractivity contribution in [1.82, 2.24) is 5.32 Å². The van der Waals surface area contributed by atoms with Gasteiger partial charge in [-0.05, 0) is 58.9 Å². The third-order valence-corrected chi connectivity index (χ3v) is 4.86. The number of ether oxygens (including phenoxy) is 2. The maximum Gasteiger partial charge on any atom is 0.0672 e. The summed E-state index contributed by atoms with van der Waals surface area (Å²) in [6, 6.07) is 0. The number of nitrogens with one attached hydrogen (secondary N) is 1. The van der Waals surface area contributed by atoms with Crippen LogP contribution in [0.3, 0.4) is 0 Å². The zero-order valence-corrected chi connectivity index (χ0v) is 12.4. The molecule has 0 bridgehead atoms. The van der Waals surface area contributed by atoms with E-state index in [0.717, 1.165) is 25.5 Å². The van der Waals surface area contributed by atoms with E-state index in [-0.39, 0.29) is 5.60 Å². The molecule has 2 fully saturated rings. The highest BCUT2D eigenvalue weighted by Crippen LogP contribution is 2.50. The van der Waals surface area contributed by atoms with Gasteiger partial charge in [0.1, 0.15) is 0 Å². The van der Waals surface area contributed by atoms with Crippen molar-refractivity contribution in [3.63, 3.8) is 0 Å². The number of hydrogen-bond acceptors (Lipinski definition) is 3. The van der Waals surface area contributed by atoms with E-state index < -0.39 is 0 Å². The summed E-state index contributed by atoms with van der Waals surface area (Å²) in [5, 5.41) is 3.40. The lowest BCUT2D eigenvalue weighted by Crippen LogP contribution is -2.42. The normalized spacial score (nSPS) is 33.0. The van der Waals surface area contributed by atoms with Crippen LogP contribution in [0.4, 0.5) is 0 Å². The molecule has 2 unspecified atom stereocenters.